The molecule has 3 unspecified atom stereocenters. The van der Waals surface area contributed by atoms with Crippen molar-refractivity contribution in [3.63, 3.8) is 0 Å². The number of amidine groups is 1. The van der Waals surface area contributed by atoms with Gasteiger partial charge in [0.05, 0.1) is 0 Å². The van der Waals surface area contributed by atoms with Gasteiger partial charge in [-0.1, -0.05) is 37.3 Å². The van der Waals surface area contributed by atoms with Gasteiger partial charge in [-0.2, -0.15) is 0 Å². The second-order valence-electron chi connectivity index (χ2n) is 6.38. The van der Waals surface area contributed by atoms with Crippen LogP contribution in [0.15, 0.2) is 64.8 Å². The summed E-state index contributed by atoms with van der Waals surface area (Å²) in [4.78, 5) is 13.4. The van der Waals surface area contributed by atoms with Crippen molar-refractivity contribution < 1.29 is 0 Å². The lowest BCUT2D eigenvalue weighted by Gasteiger charge is -2.29. The third-order valence-corrected chi connectivity index (χ3v) is 4.46. The average Bonchev–Trinajstić information content (AvgIpc) is 3.34. The van der Waals surface area contributed by atoms with Crippen LogP contribution in [0.4, 0.5) is 5.69 Å². The fraction of sp³-hybridized carbons (Fsp3) is 0.278. The van der Waals surface area contributed by atoms with Gasteiger partial charge in [-0.25, -0.2) is 9.98 Å². The van der Waals surface area contributed by atoms with Crippen LogP contribution in [0.5, 0.6) is 0 Å². The van der Waals surface area contributed by atoms with Crippen molar-refractivity contribution in [3.05, 3.63) is 60.4 Å². The Hall–Kier alpha value is -2.73. The van der Waals surface area contributed by atoms with Gasteiger partial charge in [-0.15, -0.1) is 0 Å². The van der Waals surface area contributed by atoms with Gasteiger partial charge >= 0.3 is 0 Å². The maximum Gasteiger partial charge on any atom is 0.211 e. The molecule has 0 amide bonds. The molecule has 122 valence electrons. The Morgan fingerprint density at radius 2 is 1.83 bits per heavy atom. The predicted molar refractivity (Wildman–Crippen MR) is 95.6 cm³/mol. The molecule has 0 spiro atoms. The maximum absolute atomic E-state index is 6.56. The number of aliphatic imine (C=N–C) groups is 2. The summed E-state index contributed by atoms with van der Waals surface area (Å²) in [5.74, 6) is 1.23. The quantitative estimate of drug-likeness (QED) is 0.809. The van der Waals surface area contributed by atoms with Crippen LogP contribution in [0.1, 0.15) is 18.9 Å². The number of aromatic nitrogens is 1. The fourth-order valence-corrected chi connectivity index (χ4v) is 3.00. The number of nitrogens with zero attached hydrogens (tertiary/aromatic N) is 3. The average molecular weight is 320 g/mol. The van der Waals surface area contributed by atoms with Crippen molar-refractivity contribution in [2.75, 3.05) is 5.32 Å². The Morgan fingerprint density at radius 3 is 2.50 bits per heavy atom. The summed E-state index contributed by atoms with van der Waals surface area (Å²) in [6, 6.07) is 13.7. The standard InChI is InChI=1S/C18H20N6/c1-12-11-15(12)18(19)23-16(13-5-3-2-4-6-13)22-17(24-18)21-14-7-9-20-10-8-14/h2-10,12,15H,11,19H2,1H3,(H2,20,21,22,23,24). The van der Waals surface area contributed by atoms with Crippen molar-refractivity contribution in [2.45, 2.75) is 19.1 Å². The van der Waals surface area contributed by atoms with Crippen LogP contribution in [0.25, 0.3) is 0 Å². The van der Waals surface area contributed by atoms with Crippen LogP contribution in [-0.2, 0) is 0 Å². The summed E-state index contributed by atoms with van der Waals surface area (Å²) < 4.78 is 0. The van der Waals surface area contributed by atoms with Crippen LogP contribution in [0.2, 0.25) is 0 Å². The minimum Gasteiger partial charge on any atom is -0.326 e. The van der Waals surface area contributed by atoms with Gasteiger partial charge < -0.3 is 10.6 Å². The number of rotatable bonds is 3. The molecule has 6 nitrogen and oxygen atoms in total. The van der Waals surface area contributed by atoms with Gasteiger partial charge in [0.15, 0.2) is 0 Å². The number of benzene rings is 1. The molecule has 2 heterocycles. The lowest BCUT2D eigenvalue weighted by atomic mass is 10.1. The first-order valence-corrected chi connectivity index (χ1v) is 8.12. The molecule has 0 radical (unpaired) electrons. The number of nitrogens with one attached hydrogen (secondary N) is 2. The van der Waals surface area contributed by atoms with Crippen molar-refractivity contribution >= 4 is 17.5 Å². The zero-order valence-corrected chi connectivity index (χ0v) is 13.5. The molecule has 1 aliphatic heterocycles. The minimum absolute atomic E-state index is 0.271. The number of nitrogens with two attached hydrogens (primary N) is 1. The Bertz CT molecular complexity index is 786. The van der Waals surface area contributed by atoms with E-state index in [1.165, 1.54) is 0 Å². The molecule has 1 aromatic heterocycles. The Morgan fingerprint density at radius 1 is 1.12 bits per heavy atom. The van der Waals surface area contributed by atoms with Gasteiger partial charge in [-0.05, 0) is 24.5 Å². The summed E-state index contributed by atoms with van der Waals surface area (Å²) in [6.45, 7) is 2.19. The molecule has 1 aliphatic carbocycles. The molecule has 1 aromatic carbocycles. The van der Waals surface area contributed by atoms with Crippen molar-refractivity contribution in [2.24, 2.45) is 27.6 Å². The van der Waals surface area contributed by atoms with E-state index in [1.54, 1.807) is 12.4 Å². The van der Waals surface area contributed by atoms with E-state index < -0.39 is 5.79 Å². The molecular formula is C18H20N6. The highest BCUT2D eigenvalue weighted by Gasteiger charge is 2.50. The first-order chi connectivity index (χ1) is 11.6. The minimum atomic E-state index is -0.925. The number of guanidine groups is 1. The molecule has 4 N–H and O–H groups in total. The normalized spacial score (nSPS) is 28.4. The van der Waals surface area contributed by atoms with E-state index in [-0.39, 0.29) is 5.92 Å². The van der Waals surface area contributed by atoms with E-state index in [2.05, 4.69) is 27.5 Å². The predicted octanol–water partition coefficient (Wildman–Crippen LogP) is 2.17. The molecule has 2 aliphatic rings. The van der Waals surface area contributed by atoms with Crippen molar-refractivity contribution in [1.82, 2.24) is 10.3 Å². The zero-order chi connectivity index (χ0) is 16.6. The lowest BCUT2D eigenvalue weighted by Crippen LogP contribution is -2.51. The van der Waals surface area contributed by atoms with E-state index in [0.29, 0.717) is 11.9 Å². The Kier molecular flexibility index (Phi) is 3.54. The molecule has 1 saturated carbocycles. The van der Waals surface area contributed by atoms with Crippen molar-refractivity contribution in [3.8, 4) is 0 Å². The van der Waals surface area contributed by atoms with Crippen LogP contribution >= 0.6 is 0 Å². The third-order valence-electron chi connectivity index (χ3n) is 4.46. The van der Waals surface area contributed by atoms with Crippen LogP contribution in [0, 0.1) is 11.8 Å². The van der Waals surface area contributed by atoms with E-state index in [0.717, 1.165) is 23.5 Å². The van der Waals surface area contributed by atoms with E-state index in [9.17, 15) is 0 Å². The van der Waals surface area contributed by atoms with Gasteiger partial charge in [0.2, 0.25) is 11.7 Å². The van der Waals surface area contributed by atoms with E-state index >= 15 is 0 Å². The number of pyridine rings is 1. The summed E-state index contributed by atoms with van der Waals surface area (Å²) in [5.41, 5.74) is 8.45. The maximum atomic E-state index is 6.56. The molecule has 0 saturated heterocycles. The molecule has 24 heavy (non-hydrogen) atoms. The molecular weight excluding hydrogens is 300 g/mol. The fourth-order valence-electron chi connectivity index (χ4n) is 3.00. The monoisotopic (exact) mass is 320 g/mol. The van der Waals surface area contributed by atoms with Gasteiger partial charge in [0, 0.05) is 29.6 Å². The Labute approximate surface area is 140 Å². The Balaban J connectivity index is 1.67. The van der Waals surface area contributed by atoms with Gasteiger partial charge in [0.25, 0.3) is 0 Å². The first-order valence-electron chi connectivity index (χ1n) is 8.12. The molecule has 6 heteroatoms. The topological polar surface area (TPSA) is 87.7 Å². The van der Waals surface area contributed by atoms with Crippen LogP contribution < -0.4 is 16.4 Å². The molecule has 3 atom stereocenters. The van der Waals surface area contributed by atoms with Crippen LogP contribution in [-0.4, -0.2) is 22.6 Å². The number of hydrogen-bond donors (Lipinski definition) is 3. The lowest BCUT2D eigenvalue weighted by molar-refractivity contribution is 0.385. The van der Waals surface area contributed by atoms with E-state index in [4.69, 9.17) is 10.7 Å². The van der Waals surface area contributed by atoms with Crippen LogP contribution in [0.3, 0.4) is 0 Å². The second kappa shape index (κ2) is 5.72. The summed E-state index contributed by atoms with van der Waals surface area (Å²) in [7, 11) is 0. The van der Waals surface area contributed by atoms with Gasteiger partial charge in [0.1, 0.15) is 5.84 Å². The SMILES string of the molecule is CC1CC1C1(N)N=C(Nc2ccncc2)NC(c2ccccc2)=N1. The third kappa shape index (κ3) is 2.88. The molecule has 4 rings (SSSR count). The van der Waals surface area contributed by atoms with Crippen molar-refractivity contribution in [1.29, 1.82) is 0 Å². The number of anilines is 1. The highest BCUT2D eigenvalue weighted by molar-refractivity contribution is 6.13. The smallest absolute Gasteiger partial charge is 0.211 e. The molecule has 2 aromatic rings. The summed E-state index contributed by atoms with van der Waals surface area (Å²) >= 11 is 0. The molecule has 0 bridgehead atoms. The largest absolute Gasteiger partial charge is 0.326 e. The molecule has 1 fully saturated rings. The second-order valence-corrected chi connectivity index (χ2v) is 6.38. The summed E-state index contributed by atoms with van der Waals surface area (Å²) in [5, 5.41) is 6.53. The first kappa shape index (κ1) is 14.8. The number of hydrogen-bond acceptors (Lipinski definition) is 6. The van der Waals surface area contributed by atoms with E-state index in [1.807, 2.05) is 42.5 Å². The van der Waals surface area contributed by atoms with Gasteiger partial charge in [-0.3, -0.25) is 10.7 Å². The highest BCUT2D eigenvalue weighted by atomic mass is 15.4. The zero-order valence-electron chi connectivity index (χ0n) is 13.5. The summed E-state index contributed by atoms with van der Waals surface area (Å²) in [6.07, 6.45) is 4.52. The highest BCUT2D eigenvalue weighted by Crippen LogP contribution is 2.46.